The Balaban J connectivity index is 1.42. The first-order chi connectivity index (χ1) is 13.6. The van der Waals surface area contributed by atoms with Crippen LogP contribution >= 0.6 is 11.3 Å². The van der Waals surface area contributed by atoms with E-state index in [9.17, 15) is 9.59 Å². The summed E-state index contributed by atoms with van der Waals surface area (Å²) in [5, 5.41) is 8.28. The molecule has 0 radical (unpaired) electrons. The van der Waals surface area contributed by atoms with E-state index in [1.54, 1.807) is 5.38 Å². The lowest BCUT2D eigenvalue weighted by Gasteiger charge is -2.28. The normalized spacial score (nSPS) is 13.9. The number of piperazine rings is 1. The maximum Gasteiger partial charge on any atom is 0.275 e. The molecule has 0 saturated carbocycles. The van der Waals surface area contributed by atoms with E-state index in [-0.39, 0.29) is 11.8 Å². The molecule has 2 N–H and O–H groups in total. The third-order valence-corrected chi connectivity index (χ3v) is 5.46. The minimum Gasteiger partial charge on any atom is -0.360 e. The van der Waals surface area contributed by atoms with E-state index >= 15 is 0 Å². The summed E-state index contributed by atoms with van der Waals surface area (Å²) in [5.74, 6) is -0.212. The molecule has 2 aromatic carbocycles. The predicted molar refractivity (Wildman–Crippen MR) is 112 cm³/mol. The van der Waals surface area contributed by atoms with Gasteiger partial charge in [-0.1, -0.05) is 29.8 Å². The van der Waals surface area contributed by atoms with Crippen molar-refractivity contribution in [2.75, 3.05) is 29.9 Å². The quantitative estimate of drug-likeness (QED) is 0.714. The largest absolute Gasteiger partial charge is 0.360 e. The highest BCUT2D eigenvalue weighted by Crippen LogP contribution is 2.25. The lowest BCUT2D eigenvalue weighted by molar-refractivity contribution is -0.120. The van der Waals surface area contributed by atoms with Gasteiger partial charge in [-0.25, -0.2) is 4.98 Å². The molecule has 0 unspecified atom stereocenters. The van der Waals surface area contributed by atoms with Crippen LogP contribution in [0.5, 0.6) is 0 Å². The van der Waals surface area contributed by atoms with Gasteiger partial charge in [0.25, 0.3) is 5.91 Å². The van der Waals surface area contributed by atoms with Gasteiger partial charge in [0, 0.05) is 35.4 Å². The Morgan fingerprint density at radius 2 is 1.89 bits per heavy atom. The van der Waals surface area contributed by atoms with Crippen molar-refractivity contribution in [2.45, 2.75) is 6.92 Å². The number of hydrogen-bond donors (Lipinski definition) is 2. The van der Waals surface area contributed by atoms with Crippen LogP contribution < -0.4 is 15.5 Å². The number of rotatable bonds is 4. The molecular formula is C21H20N4O2S. The molecule has 0 bridgehead atoms. The summed E-state index contributed by atoms with van der Waals surface area (Å²) in [5.41, 5.74) is 4.25. The third-order valence-electron chi connectivity index (χ3n) is 4.56. The minimum atomic E-state index is -0.236. The third kappa shape index (κ3) is 4.04. The van der Waals surface area contributed by atoms with Crippen molar-refractivity contribution >= 4 is 34.5 Å². The van der Waals surface area contributed by atoms with Gasteiger partial charge in [-0.05, 0) is 31.2 Å². The number of amides is 2. The molecule has 1 aliphatic heterocycles. The molecule has 7 heteroatoms. The summed E-state index contributed by atoms with van der Waals surface area (Å²) >= 11 is 1.45. The van der Waals surface area contributed by atoms with Crippen molar-refractivity contribution in [2.24, 2.45) is 0 Å². The van der Waals surface area contributed by atoms with Crippen molar-refractivity contribution < 1.29 is 9.59 Å². The number of carbonyl (C=O) groups excluding carboxylic acids is 2. The van der Waals surface area contributed by atoms with Crippen LogP contribution in [-0.4, -0.2) is 36.4 Å². The van der Waals surface area contributed by atoms with E-state index in [0.717, 1.165) is 22.8 Å². The number of nitrogens with one attached hydrogen (secondary N) is 2. The minimum absolute atomic E-state index is 0.0246. The van der Waals surface area contributed by atoms with E-state index in [1.807, 2.05) is 60.4 Å². The fourth-order valence-electron chi connectivity index (χ4n) is 3.02. The average molecular weight is 392 g/mol. The zero-order chi connectivity index (χ0) is 19.5. The first-order valence-corrected chi connectivity index (χ1v) is 9.92. The second kappa shape index (κ2) is 7.82. The molecule has 1 aliphatic rings. The van der Waals surface area contributed by atoms with Gasteiger partial charge < -0.3 is 15.5 Å². The summed E-state index contributed by atoms with van der Waals surface area (Å²) in [4.78, 5) is 30.5. The van der Waals surface area contributed by atoms with Gasteiger partial charge in [-0.15, -0.1) is 11.3 Å². The molecule has 1 aromatic heterocycles. The number of thiazole rings is 1. The molecule has 6 nitrogen and oxygen atoms in total. The van der Waals surface area contributed by atoms with Crippen LogP contribution in [-0.2, 0) is 4.79 Å². The maximum atomic E-state index is 12.5. The molecule has 4 rings (SSSR count). The summed E-state index contributed by atoms with van der Waals surface area (Å²) < 4.78 is 0. The predicted octanol–water partition coefficient (Wildman–Crippen LogP) is 3.31. The SMILES string of the molecule is Cc1ccc(-c2nc(C(=O)Nc3ccc(N4CCNC(=O)C4)cc3)cs2)cc1. The second-order valence-electron chi connectivity index (χ2n) is 6.68. The molecule has 0 atom stereocenters. The monoisotopic (exact) mass is 392 g/mol. The Bertz CT molecular complexity index is 996. The number of hydrogen-bond acceptors (Lipinski definition) is 5. The second-order valence-corrected chi connectivity index (χ2v) is 7.53. The molecule has 28 heavy (non-hydrogen) atoms. The van der Waals surface area contributed by atoms with Gasteiger partial charge in [-0.3, -0.25) is 9.59 Å². The van der Waals surface area contributed by atoms with E-state index in [0.29, 0.717) is 24.5 Å². The highest BCUT2D eigenvalue weighted by Gasteiger charge is 2.17. The van der Waals surface area contributed by atoms with Gasteiger partial charge in [0.05, 0.1) is 6.54 Å². The van der Waals surface area contributed by atoms with Crippen molar-refractivity contribution in [3.63, 3.8) is 0 Å². The molecule has 0 spiro atoms. The van der Waals surface area contributed by atoms with Gasteiger partial charge in [-0.2, -0.15) is 0 Å². The topological polar surface area (TPSA) is 74.3 Å². The van der Waals surface area contributed by atoms with E-state index in [4.69, 9.17) is 0 Å². The molecular weight excluding hydrogens is 372 g/mol. The molecule has 1 fully saturated rings. The fourth-order valence-corrected chi connectivity index (χ4v) is 3.82. The fraction of sp³-hybridized carbons (Fsp3) is 0.190. The summed E-state index contributed by atoms with van der Waals surface area (Å²) in [6.45, 7) is 3.81. The lowest BCUT2D eigenvalue weighted by Crippen LogP contribution is -2.47. The smallest absolute Gasteiger partial charge is 0.275 e. The number of carbonyl (C=O) groups is 2. The first kappa shape index (κ1) is 18.2. The Kier molecular flexibility index (Phi) is 5.08. The molecule has 142 valence electrons. The number of nitrogens with zero attached hydrogens (tertiary/aromatic N) is 2. The Hall–Kier alpha value is -3.19. The zero-order valence-corrected chi connectivity index (χ0v) is 16.3. The summed E-state index contributed by atoms with van der Waals surface area (Å²) in [7, 11) is 0. The number of aromatic nitrogens is 1. The van der Waals surface area contributed by atoms with Gasteiger partial charge in [0.15, 0.2) is 0 Å². The lowest BCUT2D eigenvalue weighted by atomic mass is 10.2. The van der Waals surface area contributed by atoms with E-state index in [2.05, 4.69) is 15.6 Å². The summed E-state index contributed by atoms with van der Waals surface area (Å²) in [6.07, 6.45) is 0. The van der Waals surface area contributed by atoms with Crippen LogP contribution in [0.4, 0.5) is 11.4 Å². The number of anilines is 2. The van der Waals surface area contributed by atoms with Crippen LogP contribution in [0, 0.1) is 6.92 Å². The molecule has 3 aromatic rings. The first-order valence-electron chi connectivity index (χ1n) is 9.04. The van der Waals surface area contributed by atoms with Crippen molar-refractivity contribution in [3.05, 3.63) is 65.2 Å². The maximum absolute atomic E-state index is 12.5. The highest BCUT2D eigenvalue weighted by molar-refractivity contribution is 7.13. The van der Waals surface area contributed by atoms with Crippen LogP contribution in [0.15, 0.2) is 53.9 Å². The van der Waals surface area contributed by atoms with Crippen molar-refractivity contribution in [1.82, 2.24) is 10.3 Å². The molecule has 0 aliphatic carbocycles. The Labute approximate surface area is 167 Å². The molecule has 1 saturated heterocycles. The van der Waals surface area contributed by atoms with Crippen LogP contribution in [0.3, 0.4) is 0 Å². The van der Waals surface area contributed by atoms with Crippen molar-refractivity contribution in [1.29, 1.82) is 0 Å². The summed E-state index contributed by atoms with van der Waals surface area (Å²) in [6, 6.07) is 15.6. The van der Waals surface area contributed by atoms with Gasteiger partial charge in [0.1, 0.15) is 10.7 Å². The Morgan fingerprint density at radius 3 is 2.61 bits per heavy atom. The van der Waals surface area contributed by atoms with Gasteiger partial charge >= 0.3 is 0 Å². The van der Waals surface area contributed by atoms with E-state index in [1.165, 1.54) is 16.9 Å². The van der Waals surface area contributed by atoms with Crippen LogP contribution in [0.1, 0.15) is 16.1 Å². The number of aryl methyl sites for hydroxylation is 1. The molecule has 2 amide bonds. The number of benzene rings is 2. The van der Waals surface area contributed by atoms with Crippen LogP contribution in [0.25, 0.3) is 10.6 Å². The van der Waals surface area contributed by atoms with Crippen molar-refractivity contribution in [3.8, 4) is 10.6 Å². The highest BCUT2D eigenvalue weighted by atomic mass is 32.1. The zero-order valence-electron chi connectivity index (χ0n) is 15.4. The Morgan fingerprint density at radius 1 is 1.14 bits per heavy atom. The van der Waals surface area contributed by atoms with Crippen LogP contribution in [0.2, 0.25) is 0 Å². The molecule has 2 heterocycles. The average Bonchev–Trinajstić information content (AvgIpc) is 3.19. The van der Waals surface area contributed by atoms with Gasteiger partial charge in [0.2, 0.25) is 5.91 Å². The van der Waals surface area contributed by atoms with E-state index < -0.39 is 0 Å². The standard InChI is InChI=1S/C21H20N4O2S/c1-14-2-4-15(5-3-14)21-24-18(13-28-21)20(27)23-16-6-8-17(9-7-16)25-11-10-22-19(26)12-25/h2-9,13H,10-12H2,1H3,(H,22,26)(H,23,27).